The van der Waals surface area contributed by atoms with E-state index in [-0.39, 0.29) is 11.6 Å². The fourth-order valence-electron chi connectivity index (χ4n) is 1.90. The number of nitrogens with zero attached hydrogens (tertiary/aromatic N) is 2. The number of aromatic nitrogens is 2. The van der Waals surface area contributed by atoms with E-state index >= 15 is 0 Å². The standard InChI is InChI=1S/C16H18N4O/c1-4-8-17-14-10-18-13(9-19-14)16(21)20-15-11(2)6-5-7-12(15)3/h4-7,9-10H,1,8H2,2-3H3,(H,17,19)(H,20,21). The molecule has 108 valence electrons. The van der Waals surface area contributed by atoms with Crippen LogP contribution in [-0.4, -0.2) is 22.4 Å². The zero-order valence-corrected chi connectivity index (χ0v) is 12.2. The Hall–Kier alpha value is -2.69. The van der Waals surface area contributed by atoms with Crippen molar-refractivity contribution in [3.63, 3.8) is 0 Å². The lowest BCUT2D eigenvalue weighted by Crippen LogP contribution is -2.16. The van der Waals surface area contributed by atoms with E-state index in [1.807, 2.05) is 32.0 Å². The number of nitrogens with one attached hydrogen (secondary N) is 2. The third-order valence-electron chi connectivity index (χ3n) is 3.03. The van der Waals surface area contributed by atoms with Gasteiger partial charge in [0.05, 0.1) is 12.4 Å². The summed E-state index contributed by atoms with van der Waals surface area (Å²) in [5.41, 5.74) is 3.13. The van der Waals surface area contributed by atoms with Crippen LogP contribution in [0.15, 0.2) is 43.2 Å². The van der Waals surface area contributed by atoms with Crippen molar-refractivity contribution in [2.45, 2.75) is 13.8 Å². The van der Waals surface area contributed by atoms with Gasteiger partial charge in [0.25, 0.3) is 5.91 Å². The fourth-order valence-corrected chi connectivity index (χ4v) is 1.90. The molecule has 2 N–H and O–H groups in total. The highest BCUT2D eigenvalue weighted by molar-refractivity contribution is 6.03. The SMILES string of the molecule is C=CCNc1cnc(C(=O)Nc2c(C)cccc2C)cn1. The number of carbonyl (C=O) groups is 1. The van der Waals surface area contributed by atoms with E-state index in [9.17, 15) is 4.79 Å². The van der Waals surface area contributed by atoms with Crippen LogP contribution in [0.4, 0.5) is 11.5 Å². The average Bonchev–Trinajstić information content (AvgIpc) is 2.49. The number of hydrogen-bond acceptors (Lipinski definition) is 4. The Balaban J connectivity index is 2.11. The number of aryl methyl sites for hydroxylation is 2. The molecule has 5 nitrogen and oxygen atoms in total. The molecule has 21 heavy (non-hydrogen) atoms. The maximum absolute atomic E-state index is 12.2. The summed E-state index contributed by atoms with van der Waals surface area (Å²) in [4.78, 5) is 20.5. The summed E-state index contributed by atoms with van der Waals surface area (Å²) in [5.74, 6) is 0.341. The molecule has 0 fully saturated rings. The molecule has 1 aromatic carbocycles. The molecule has 0 bridgehead atoms. The summed E-state index contributed by atoms with van der Waals surface area (Å²) < 4.78 is 0. The van der Waals surface area contributed by atoms with Crippen molar-refractivity contribution in [3.05, 3.63) is 60.1 Å². The number of para-hydroxylation sites is 1. The van der Waals surface area contributed by atoms with Crippen LogP contribution in [0.5, 0.6) is 0 Å². The third kappa shape index (κ3) is 3.66. The molecule has 2 aromatic rings. The third-order valence-corrected chi connectivity index (χ3v) is 3.03. The van der Waals surface area contributed by atoms with Crippen LogP contribution in [0.2, 0.25) is 0 Å². The molecular formula is C16H18N4O. The molecule has 0 spiro atoms. The molecule has 0 atom stereocenters. The van der Waals surface area contributed by atoms with Gasteiger partial charge in [0, 0.05) is 12.2 Å². The van der Waals surface area contributed by atoms with Crippen molar-refractivity contribution in [2.24, 2.45) is 0 Å². The maximum atomic E-state index is 12.2. The summed E-state index contributed by atoms with van der Waals surface area (Å²) in [7, 11) is 0. The van der Waals surface area contributed by atoms with E-state index in [4.69, 9.17) is 0 Å². The van der Waals surface area contributed by atoms with E-state index in [1.165, 1.54) is 12.4 Å². The molecule has 0 radical (unpaired) electrons. The first-order valence-electron chi connectivity index (χ1n) is 6.66. The first-order chi connectivity index (χ1) is 10.1. The topological polar surface area (TPSA) is 66.9 Å². The summed E-state index contributed by atoms with van der Waals surface area (Å²) in [6, 6.07) is 5.87. The van der Waals surface area contributed by atoms with Gasteiger partial charge in [-0.05, 0) is 25.0 Å². The van der Waals surface area contributed by atoms with Crippen molar-refractivity contribution < 1.29 is 4.79 Å². The quantitative estimate of drug-likeness (QED) is 0.827. The Morgan fingerprint density at radius 1 is 1.24 bits per heavy atom. The van der Waals surface area contributed by atoms with Crippen LogP contribution in [-0.2, 0) is 0 Å². The first kappa shape index (κ1) is 14.7. The first-order valence-corrected chi connectivity index (χ1v) is 6.66. The minimum atomic E-state index is -0.268. The summed E-state index contributed by atoms with van der Waals surface area (Å²) in [6.07, 6.45) is 4.71. The highest BCUT2D eigenvalue weighted by Crippen LogP contribution is 2.19. The molecule has 0 saturated heterocycles. The molecular weight excluding hydrogens is 264 g/mol. The lowest BCUT2D eigenvalue weighted by Gasteiger charge is -2.11. The van der Waals surface area contributed by atoms with Crippen LogP contribution in [0, 0.1) is 13.8 Å². The molecule has 0 unspecified atom stereocenters. The molecule has 0 saturated carbocycles. The van der Waals surface area contributed by atoms with Gasteiger partial charge in [-0.3, -0.25) is 4.79 Å². The molecule has 1 aromatic heterocycles. The molecule has 2 rings (SSSR count). The zero-order chi connectivity index (χ0) is 15.2. The smallest absolute Gasteiger partial charge is 0.275 e. The molecule has 1 amide bonds. The molecule has 5 heteroatoms. The van der Waals surface area contributed by atoms with E-state index in [2.05, 4.69) is 27.2 Å². The van der Waals surface area contributed by atoms with Crippen LogP contribution in [0.25, 0.3) is 0 Å². The highest BCUT2D eigenvalue weighted by Gasteiger charge is 2.11. The Morgan fingerprint density at radius 3 is 2.52 bits per heavy atom. The van der Waals surface area contributed by atoms with E-state index < -0.39 is 0 Å². The second kappa shape index (κ2) is 6.65. The number of anilines is 2. The molecule has 0 aliphatic carbocycles. The van der Waals surface area contributed by atoms with Gasteiger partial charge in [-0.25, -0.2) is 9.97 Å². The number of carbonyl (C=O) groups excluding carboxylic acids is 1. The normalized spacial score (nSPS) is 10.0. The Morgan fingerprint density at radius 2 is 1.95 bits per heavy atom. The minimum absolute atomic E-state index is 0.268. The van der Waals surface area contributed by atoms with Gasteiger partial charge in [-0.1, -0.05) is 24.3 Å². The predicted molar refractivity (Wildman–Crippen MR) is 84.6 cm³/mol. The summed E-state index contributed by atoms with van der Waals surface area (Å²) in [6.45, 7) is 8.12. The Bertz CT molecular complexity index is 630. The minimum Gasteiger partial charge on any atom is -0.365 e. The van der Waals surface area contributed by atoms with Crippen LogP contribution in [0.1, 0.15) is 21.6 Å². The van der Waals surface area contributed by atoms with Crippen molar-refractivity contribution in [2.75, 3.05) is 17.2 Å². The largest absolute Gasteiger partial charge is 0.365 e. The molecule has 0 aliphatic heterocycles. The zero-order valence-electron chi connectivity index (χ0n) is 12.2. The van der Waals surface area contributed by atoms with E-state index in [0.717, 1.165) is 16.8 Å². The van der Waals surface area contributed by atoms with Gasteiger partial charge < -0.3 is 10.6 Å². The second-order valence-corrected chi connectivity index (χ2v) is 4.68. The maximum Gasteiger partial charge on any atom is 0.275 e. The predicted octanol–water partition coefficient (Wildman–Crippen LogP) is 2.94. The van der Waals surface area contributed by atoms with Crippen molar-refractivity contribution in [1.29, 1.82) is 0 Å². The number of amides is 1. The summed E-state index contributed by atoms with van der Waals surface area (Å²) >= 11 is 0. The van der Waals surface area contributed by atoms with Crippen LogP contribution >= 0.6 is 0 Å². The highest BCUT2D eigenvalue weighted by atomic mass is 16.1. The van der Waals surface area contributed by atoms with Crippen molar-refractivity contribution >= 4 is 17.4 Å². The average molecular weight is 282 g/mol. The van der Waals surface area contributed by atoms with Gasteiger partial charge in [0.2, 0.25) is 0 Å². The summed E-state index contributed by atoms with van der Waals surface area (Å²) in [5, 5.41) is 5.88. The van der Waals surface area contributed by atoms with Gasteiger partial charge in [-0.2, -0.15) is 0 Å². The molecule has 0 aliphatic rings. The number of rotatable bonds is 5. The number of hydrogen-bond donors (Lipinski definition) is 2. The van der Waals surface area contributed by atoms with Gasteiger partial charge in [0.15, 0.2) is 0 Å². The lowest BCUT2D eigenvalue weighted by atomic mass is 10.1. The van der Waals surface area contributed by atoms with Crippen LogP contribution < -0.4 is 10.6 Å². The fraction of sp³-hybridized carbons (Fsp3) is 0.188. The van der Waals surface area contributed by atoms with E-state index in [1.54, 1.807) is 6.08 Å². The Kier molecular flexibility index (Phi) is 4.66. The second-order valence-electron chi connectivity index (χ2n) is 4.68. The van der Waals surface area contributed by atoms with Crippen LogP contribution in [0.3, 0.4) is 0 Å². The van der Waals surface area contributed by atoms with Gasteiger partial charge in [0.1, 0.15) is 11.5 Å². The number of benzene rings is 1. The van der Waals surface area contributed by atoms with Crippen molar-refractivity contribution in [3.8, 4) is 0 Å². The van der Waals surface area contributed by atoms with Gasteiger partial charge >= 0.3 is 0 Å². The van der Waals surface area contributed by atoms with Crippen molar-refractivity contribution in [1.82, 2.24) is 9.97 Å². The lowest BCUT2D eigenvalue weighted by molar-refractivity contribution is 0.102. The Labute approximate surface area is 124 Å². The molecule has 1 heterocycles. The monoisotopic (exact) mass is 282 g/mol. The van der Waals surface area contributed by atoms with Gasteiger partial charge in [-0.15, -0.1) is 6.58 Å². The van der Waals surface area contributed by atoms with E-state index in [0.29, 0.717) is 12.4 Å².